The predicted octanol–water partition coefficient (Wildman–Crippen LogP) is 20.5. The van der Waals surface area contributed by atoms with Crippen LogP contribution in [0.5, 0.6) is 0 Å². The number of benzene rings is 2. The van der Waals surface area contributed by atoms with Crippen LogP contribution in [0.1, 0.15) is 289 Å². The third kappa shape index (κ3) is 35.6. The first-order chi connectivity index (χ1) is 31.2. The third-order valence-electron chi connectivity index (χ3n) is 12.8. The minimum atomic E-state index is 0. The van der Waals surface area contributed by atoms with Crippen LogP contribution in [0, 0.1) is 23.7 Å². The van der Waals surface area contributed by atoms with Crippen molar-refractivity contribution in [3.8, 4) is 23.7 Å². The fourth-order valence-electron chi connectivity index (χ4n) is 8.54. The van der Waals surface area contributed by atoms with Gasteiger partial charge in [0, 0.05) is 40.5 Å². The van der Waals surface area contributed by atoms with E-state index in [1.54, 1.807) is 0 Å². The van der Waals surface area contributed by atoms with Gasteiger partial charge in [0.05, 0.1) is 22.8 Å². The maximum Gasteiger partial charge on any atom is 0.0634 e. The monoisotopic (exact) mass is 917 g/mol. The van der Waals surface area contributed by atoms with E-state index in [4.69, 9.17) is 9.98 Å². The molecule has 0 aliphatic heterocycles. The van der Waals surface area contributed by atoms with E-state index in [1.807, 2.05) is 0 Å². The van der Waals surface area contributed by atoms with Crippen LogP contribution in [0.25, 0.3) is 0 Å². The van der Waals surface area contributed by atoms with Crippen LogP contribution >= 0.6 is 0 Å². The molecular formula is C61H98N2Ni. The topological polar surface area (TPSA) is 24.7 Å². The van der Waals surface area contributed by atoms with E-state index in [9.17, 15) is 0 Å². The standard InChI is InChI=1S/C61H98N2.Ni/c1-5-8-11-14-17-19-21-23-25-27-29-31-33-35-37-39-42-45-57-48-52-59(53-49-57)62-56(4)61(47-44-41-16-13-10-7-3)63-60-54-50-58(51-55-60)46-43-40-38-36-34-32-30-28-26-24-22-20-18-15-12-9-6-2;/h48-55H,5-41,44,47H2,1-4H3;. The van der Waals surface area contributed by atoms with Gasteiger partial charge in [-0.3, -0.25) is 9.98 Å². The van der Waals surface area contributed by atoms with Crippen LogP contribution in [-0.2, 0) is 16.5 Å². The molecule has 0 radical (unpaired) electrons. The Morgan fingerprint density at radius 3 is 0.922 bits per heavy atom. The van der Waals surface area contributed by atoms with Gasteiger partial charge in [0.2, 0.25) is 0 Å². The maximum atomic E-state index is 5.15. The van der Waals surface area contributed by atoms with Gasteiger partial charge in [-0.1, -0.05) is 256 Å². The quantitative estimate of drug-likeness (QED) is 0.0275. The molecule has 0 saturated carbocycles. The van der Waals surface area contributed by atoms with Gasteiger partial charge in [0.25, 0.3) is 0 Å². The smallest absolute Gasteiger partial charge is 0.0634 e. The second kappa shape index (κ2) is 45.5. The SMILES string of the molecule is CCCCCCCCCCCCCCCCCC#Cc1ccc(N=C(C)C(CCCCCCCC)=Nc2ccc(C#CCCCCCCCCCCCCCCCCC)cc2)cc1.[Ni]. The average molecular weight is 918 g/mol. The van der Waals surface area contributed by atoms with E-state index in [2.05, 4.69) is 99.9 Å². The average Bonchev–Trinajstić information content (AvgIpc) is 3.30. The van der Waals surface area contributed by atoms with Crippen molar-refractivity contribution in [2.45, 2.75) is 278 Å². The number of unbranched alkanes of at least 4 members (excludes halogenated alkanes) is 35. The van der Waals surface area contributed by atoms with E-state index in [0.29, 0.717) is 0 Å². The molecule has 0 aliphatic rings. The van der Waals surface area contributed by atoms with Crippen molar-refractivity contribution < 1.29 is 16.5 Å². The minimum absolute atomic E-state index is 0. The summed E-state index contributed by atoms with van der Waals surface area (Å²) in [4.78, 5) is 10.2. The molecule has 0 heterocycles. The Kier molecular flexibility index (Phi) is 42.3. The van der Waals surface area contributed by atoms with Gasteiger partial charge in [-0.05, 0) is 81.1 Å². The Morgan fingerprint density at radius 2 is 0.609 bits per heavy atom. The van der Waals surface area contributed by atoms with Gasteiger partial charge in [-0.25, -0.2) is 0 Å². The molecule has 0 spiro atoms. The van der Waals surface area contributed by atoms with Gasteiger partial charge < -0.3 is 0 Å². The summed E-state index contributed by atoms with van der Waals surface area (Å²) in [5.41, 5.74) is 6.20. The zero-order valence-corrected chi connectivity index (χ0v) is 43.4. The normalized spacial score (nSPS) is 11.5. The maximum absolute atomic E-state index is 5.15. The summed E-state index contributed by atoms with van der Waals surface area (Å²) in [5, 5.41) is 0. The van der Waals surface area contributed by atoms with Crippen molar-refractivity contribution >= 4 is 22.8 Å². The molecule has 0 amide bonds. The summed E-state index contributed by atoms with van der Waals surface area (Å²) in [7, 11) is 0. The second-order valence-corrected chi connectivity index (χ2v) is 18.9. The Bertz CT molecular complexity index is 1510. The van der Waals surface area contributed by atoms with E-state index in [-0.39, 0.29) is 16.5 Å². The number of nitrogens with zero attached hydrogens (tertiary/aromatic N) is 2. The zero-order valence-electron chi connectivity index (χ0n) is 42.4. The van der Waals surface area contributed by atoms with E-state index in [0.717, 1.165) is 59.6 Å². The first-order valence-corrected chi connectivity index (χ1v) is 27.5. The van der Waals surface area contributed by atoms with Crippen molar-refractivity contribution in [1.29, 1.82) is 0 Å². The summed E-state index contributed by atoms with van der Waals surface area (Å²) in [6, 6.07) is 17.0. The van der Waals surface area contributed by atoms with Crippen LogP contribution in [-0.4, -0.2) is 11.4 Å². The zero-order chi connectivity index (χ0) is 44.9. The molecule has 0 aliphatic carbocycles. The van der Waals surface area contributed by atoms with Crippen LogP contribution in [0.15, 0.2) is 58.5 Å². The van der Waals surface area contributed by atoms with E-state index in [1.165, 1.54) is 225 Å². The van der Waals surface area contributed by atoms with Gasteiger partial charge in [0.15, 0.2) is 0 Å². The van der Waals surface area contributed by atoms with Crippen LogP contribution < -0.4 is 0 Å². The summed E-state index contributed by atoms with van der Waals surface area (Å²) in [5.74, 6) is 13.6. The largest absolute Gasteiger partial charge is 0.252 e. The number of hydrogen-bond acceptors (Lipinski definition) is 2. The van der Waals surface area contributed by atoms with Crippen molar-refractivity contribution in [2.24, 2.45) is 9.98 Å². The first kappa shape index (κ1) is 59.4. The summed E-state index contributed by atoms with van der Waals surface area (Å²) in [6.07, 6.45) is 52.5. The minimum Gasteiger partial charge on any atom is -0.252 e. The molecule has 362 valence electrons. The van der Waals surface area contributed by atoms with E-state index < -0.39 is 0 Å². The Labute approximate surface area is 408 Å². The van der Waals surface area contributed by atoms with Gasteiger partial charge in [0.1, 0.15) is 0 Å². The Balaban J connectivity index is 0.0000205. The molecule has 64 heavy (non-hydrogen) atoms. The third-order valence-corrected chi connectivity index (χ3v) is 12.8. The molecule has 2 aromatic rings. The number of rotatable bonds is 40. The Hall–Kier alpha value is -2.61. The molecule has 0 bridgehead atoms. The number of hydrogen-bond donors (Lipinski definition) is 0. The molecule has 0 N–H and O–H groups in total. The van der Waals surface area contributed by atoms with Gasteiger partial charge in [-0.2, -0.15) is 0 Å². The molecule has 2 nitrogen and oxygen atoms in total. The molecular weight excluding hydrogens is 819 g/mol. The predicted molar refractivity (Wildman–Crippen MR) is 284 cm³/mol. The number of aliphatic imine (C=N–C) groups is 2. The fraction of sp³-hybridized carbons (Fsp3) is 0.705. The molecule has 3 heteroatoms. The van der Waals surface area contributed by atoms with E-state index >= 15 is 0 Å². The fourth-order valence-corrected chi connectivity index (χ4v) is 8.54. The molecule has 0 atom stereocenters. The van der Waals surface area contributed by atoms with Crippen LogP contribution in [0.4, 0.5) is 11.4 Å². The second-order valence-electron chi connectivity index (χ2n) is 18.9. The van der Waals surface area contributed by atoms with Crippen LogP contribution in [0.2, 0.25) is 0 Å². The molecule has 0 aromatic heterocycles. The summed E-state index contributed by atoms with van der Waals surface area (Å²) >= 11 is 0. The molecule has 2 rings (SSSR count). The first-order valence-electron chi connectivity index (χ1n) is 27.5. The van der Waals surface area contributed by atoms with Gasteiger partial charge >= 0.3 is 0 Å². The van der Waals surface area contributed by atoms with Gasteiger partial charge in [-0.15, -0.1) is 0 Å². The summed E-state index contributed by atoms with van der Waals surface area (Å²) in [6.45, 7) is 9.00. The van der Waals surface area contributed by atoms with Crippen molar-refractivity contribution in [3.63, 3.8) is 0 Å². The molecule has 2 aromatic carbocycles. The van der Waals surface area contributed by atoms with Crippen LogP contribution in [0.3, 0.4) is 0 Å². The molecule has 0 saturated heterocycles. The van der Waals surface area contributed by atoms with Crippen molar-refractivity contribution in [2.75, 3.05) is 0 Å². The Morgan fingerprint density at radius 1 is 0.344 bits per heavy atom. The van der Waals surface area contributed by atoms with Crippen molar-refractivity contribution in [1.82, 2.24) is 0 Å². The summed E-state index contributed by atoms with van der Waals surface area (Å²) < 4.78 is 0. The molecule has 0 fully saturated rings. The molecule has 0 unspecified atom stereocenters. The van der Waals surface area contributed by atoms with Crippen molar-refractivity contribution in [3.05, 3.63) is 59.7 Å².